The molecular weight excluding hydrogens is 196 g/mol. The van der Waals surface area contributed by atoms with E-state index < -0.39 is 0 Å². The largest absolute Gasteiger partial charge is 0.292 e. The lowest BCUT2D eigenvalue weighted by atomic mass is 10.2. The molecule has 0 atom stereocenters. The second kappa shape index (κ2) is 2.65. The molecule has 68 valence electrons. The highest BCUT2D eigenvalue weighted by Gasteiger charge is 2.03. The topological polar surface area (TPSA) is 34.4 Å². The van der Waals surface area contributed by atoms with Crippen LogP contribution in [0.25, 0.3) is 15.9 Å². The van der Waals surface area contributed by atoms with Crippen LogP contribution in [-0.2, 0) is 0 Å². The summed E-state index contributed by atoms with van der Waals surface area (Å²) in [5.41, 5.74) is 0.770. The van der Waals surface area contributed by atoms with Gasteiger partial charge in [0.1, 0.15) is 0 Å². The number of nitrogens with zero attached hydrogens (tertiary/aromatic N) is 2. The second-order valence-electron chi connectivity index (χ2n) is 2.99. The molecule has 0 N–H and O–H groups in total. The van der Waals surface area contributed by atoms with Gasteiger partial charge in [0.2, 0.25) is 0 Å². The van der Waals surface area contributed by atoms with Crippen molar-refractivity contribution in [1.29, 1.82) is 0 Å². The Labute approximate surface area is 83.3 Å². The van der Waals surface area contributed by atoms with E-state index in [4.69, 9.17) is 0 Å². The highest BCUT2D eigenvalue weighted by atomic mass is 32.1. The maximum Gasteiger partial charge on any atom is 0.281 e. The summed E-state index contributed by atoms with van der Waals surface area (Å²) in [6.45, 7) is 0. The maximum atomic E-state index is 11.6. The Hall–Kier alpha value is -1.68. The van der Waals surface area contributed by atoms with Crippen molar-refractivity contribution < 1.29 is 0 Å². The van der Waals surface area contributed by atoms with Crippen LogP contribution in [0, 0.1) is 0 Å². The number of fused-ring (bicyclic) bond motifs is 3. The van der Waals surface area contributed by atoms with E-state index in [2.05, 4.69) is 4.98 Å². The first kappa shape index (κ1) is 7.70. The molecule has 0 aliphatic rings. The van der Waals surface area contributed by atoms with Crippen molar-refractivity contribution in [3.8, 4) is 0 Å². The fourth-order valence-electron chi connectivity index (χ4n) is 1.55. The third-order valence-corrected chi connectivity index (χ3v) is 2.94. The zero-order valence-corrected chi connectivity index (χ0v) is 7.99. The van der Waals surface area contributed by atoms with E-state index in [1.54, 1.807) is 6.07 Å². The molecule has 0 spiro atoms. The SMILES string of the molecule is O=c1nc2sccn2c2ccccc12. The van der Waals surface area contributed by atoms with Crippen LogP contribution in [0.3, 0.4) is 0 Å². The normalized spacial score (nSPS) is 11.1. The lowest BCUT2D eigenvalue weighted by Gasteiger charge is -1.98. The highest BCUT2D eigenvalue weighted by molar-refractivity contribution is 7.15. The van der Waals surface area contributed by atoms with Gasteiger partial charge in [0.05, 0.1) is 10.9 Å². The van der Waals surface area contributed by atoms with E-state index in [0.29, 0.717) is 5.39 Å². The Bertz CT molecular complexity index is 668. The van der Waals surface area contributed by atoms with Gasteiger partial charge in [0, 0.05) is 11.6 Å². The molecule has 0 fully saturated rings. The minimum Gasteiger partial charge on any atom is -0.292 e. The van der Waals surface area contributed by atoms with Crippen LogP contribution in [0.5, 0.6) is 0 Å². The Balaban J connectivity index is 2.74. The molecule has 0 bridgehead atoms. The lowest BCUT2D eigenvalue weighted by molar-refractivity contribution is 1.18. The number of hydrogen-bond donors (Lipinski definition) is 0. The van der Waals surface area contributed by atoms with E-state index in [1.165, 1.54) is 11.3 Å². The lowest BCUT2D eigenvalue weighted by Crippen LogP contribution is -2.08. The van der Waals surface area contributed by atoms with E-state index in [9.17, 15) is 4.79 Å². The molecule has 4 heteroatoms. The first-order valence-corrected chi connectivity index (χ1v) is 5.09. The predicted octanol–water partition coefficient (Wildman–Crippen LogP) is 1.91. The molecule has 14 heavy (non-hydrogen) atoms. The summed E-state index contributed by atoms with van der Waals surface area (Å²) in [6, 6.07) is 7.50. The standard InChI is InChI=1S/C10H6N2OS/c13-9-7-3-1-2-4-8(7)12-5-6-14-10(12)11-9/h1-6H. The van der Waals surface area contributed by atoms with Gasteiger partial charge in [-0.3, -0.25) is 9.20 Å². The first-order chi connectivity index (χ1) is 6.86. The summed E-state index contributed by atoms with van der Waals surface area (Å²) in [5.74, 6) is 0. The van der Waals surface area contributed by atoms with Crippen LogP contribution in [0.4, 0.5) is 0 Å². The van der Waals surface area contributed by atoms with E-state index in [-0.39, 0.29) is 5.56 Å². The molecule has 0 saturated heterocycles. The zero-order chi connectivity index (χ0) is 9.54. The van der Waals surface area contributed by atoms with Crippen molar-refractivity contribution in [2.24, 2.45) is 0 Å². The van der Waals surface area contributed by atoms with Gasteiger partial charge in [-0.2, -0.15) is 4.98 Å². The van der Waals surface area contributed by atoms with Crippen molar-refractivity contribution in [3.63, 3.8) is 0 Å². The predicted molar refractivity (Wildman–Crippen MR) is 56.8 cm³/mol. The molecule has 3 aromatic rings. The molecular formula is C10H6N2OS. The Kier molecular flexibility index (Phi) is 1.46. The average molecular weight is 202 g/mol. The summed E-state index contributed by atoms with van der Waals surface area (Å²) in [6.07, 6.45) is 1.93. The summed E-state index contributed by atoms with van der Waals surface area (Å²) in [7, 11) is 0. The Morgan fingerprint density at radius 1 is 1.29 bits per heavy atom. The summed E-state index contributed by atoms with van der Waals surface area (Å²) in [5, 5.41) is 2.59. The smallest absolute Gasteiger partial charge is 0.281 e. The number of aromatic nitrogens is 2. The van der Waals surface area contributed by atoms with Crippen LogP contribution < -0.4 is 5.56 Å². The Morgan fingerprint density at radius 3 is 3.07 bits per heavy atom. The minimum absolute atomic E-state index is 0.150. The summed E-state index contributed by atoms with van der Waals surface area (Å²) in [4.78, 5) is 16.3. The van der Waals surface area contributed by atoms with Gasteiger partial charge in [-0.1, -0.05) is 12.1 Å². The molecule has 0 unspecified atom stereocenters. The Morgan fingerprint density at radius 2 is 2.14 bits per heavy atom. The molecule has 1 aromatic carbocycles. The first-order valence-electron chi connectivity index (χ1n) is 4.21. The second-order valence-corrected chi connectivity index (χ2v) is 3.86. The third kappa shape index (κ3) is 0.914. The molecule has 2 aromatic heterocycles. The minimum atomic E-state index is -0.150. The molecule has 3 rings (SSSR count). The fraction of sp³-hybridized carbons (Fsp3) is 0. The molecule has 0 aliphatic heterocycles. The van der Waals surface area contributed by atoms with Crippen LogP contribution in [0.2, 0.25) is 0 Å². The number of para-hydroxylation sites is 1. The van der Waals surface area contributed by atoms with Crippen LogP contribution >= 0.6 is 11.3 Å². The quantitative estimate of drug-likeness (QED) is 0.558. The van der Waals surface area contributed by atoms with Crippen LogP contribution in [0.1, 0.15) is 0 Å². The molecule has 0 saturated carbocycles. The van der Waals surface area contributed by atoms with Crippen molar-refractivity contribution in [2.75, 3.05) is 0 Å². The van der Waals surface area contributed by atoms with E-state index in [0.717, 1.165) is 10.5 Å². The highest BCUT2D eigenvalue weighted by Crippen LogP contribution is 2.14. The number of thiazole rings is 1. The van der Waals surface area contributed by atoms with Gasteiger partial charge in [-0.25, -0.2) is 0 Å². The van der Waals surface area contributed by atoms with Gasteiger partial charge in [-0.15, -0.1) is 11.3 Å². The third-order valence-electron chi connectivity index (χ3n) is 2.18. The van der Waals surface area contributed by atoms with E-state index >= 15 is 0 Å². The summed E-state index contributed by atoms with van der Waals surface area (Å²) < 4.78 is 1.93. The molecule has 3 nitrogen and oxygen atoms in total. The molecule has 0 aliphatic carbocycles. The maximum absolute atomic E-state index is 11.6. The fourth-order valence-corrected chi connectivity index (χ4v) is 2.26. The summed E-state index contributed by atoms with van der Waals surface area (Å²) >= 11 is 1.47. The number of hydrogen-bond acceptors (Lipinski definition) is 3. The molecule has 2 heterocycles. The number of benzene rings is 1. The number of rotatable bonds is 0. The van der Waals surface area contributed by atoms with E-state index in [1.807, 2.05) is 34.2 Å². The zero-order valence-electron chi connectivity index (χ0n) is 7.18. The van der Waals surface area contributed by atoms with Gasteiger partial charge < -0.3 is 0 Å². The van der Waals surface area contributed by atoms with Gasteiger partial charge in [0.25, 0.3) is 5.56 Å². The molecule has 0 amide bonds. The van der Waals surface area contributed by atoms with Crippen molar-refractivity contribution in [1.82, 2.24) is 9.38 Å². The molecule has 0 radical (unpaired) electrons. The van der Waals surface area contributed by atoms with Crippen LogP contribution in [-0.4, -0.2) is 9.38 Å². The average Bonchev–Trinajstić information content (AvgIpc) is 2.66. The van der Waals surface area contributed by atoms with Gasteiger partial charge >= 0.3 is 0 Å². The monoisotopic (exact) mass is 202 g/mol. The van der Waals surface area contributed by atoms with Crippen molar-refractivity contribution in [2.45, 2.75) is 0 Å². The van der Waals surface area contributed by atoms with Crippen LogP contribution in [0.15, 0.2) is 40.6 Å². The van der Waals surface area contributed by atoms with Crippen molar-refractivity contribution >= 4 is 27.2 Å². The van der Waals surface area contributed by atoms with Gasteiger partial charge in [0.15, 0.2) is 4.96 Å². The van der Waals surface area contributed by atoms with Gasteiger partial charge in [-0.05, 0) is 12.1 Å². The van der Waals surface area contributed by atoms with Crippen molar-refractivity contribution in [3.05, 3.63) is 46.2 Å².